The predicted molar refractivity (Wildman–Crippen MR) is 97.5 cm³/mol. The van der Waals surface area contributed by atoms with E-state index in [0.29, 0.717) is 18.3 Å². The number of amides is 1. The number of carbonyl (C=O) groups excluding carboxylic acids is 1. The first-order chi connectivity index (χ1) is 12.7. The van der Waals surface area contributed by atoms with Gasteiger partial charge in [0.25, 0.3) is 0 Å². The Kier molecular flexibility index (Phi) is 4.52. The fraction of sp³-hybridized carbons (Fsp3) is 0.286. The third-order valence-corrected chi connectivity index (χ3v) is 4.87. The van der Waals surface area contributed by atoms with Crippen LogP contribution in [-0.4, -0.2) is 27.5 Å². The maximum atomic E-state index is 13.0. The third kappa shape index (κ3) is 3.38. The van der Waals surface area contributed by atoms with Crippen molar-refractivity contribution < 1.29 is 9.21 Å². The van der Waals surface area contributed by atoms with Crippen LogP contribution >= 0.6 is 0 Å². The molecule has 132 valence electrons. The Hall–Kier alpha value is -2.95. The monoisotopic (exact) mass is 347 g/mol. The van der Waals surface area contributed by atoms with Crippen molar-refractivity contribution in [3.05, 3.63) is 83.1 Å². The summed E-state index contributed by atoms with van der Waals surface area (Å²) in [6, 6.07) is 18.8. The molecule has 0 saturated carbocycles. The number of carbonyl (C=O) groups is 1. The van der Waals surface area contributed by atoms with Gasteiger partial charge in [0, 0.05) is 13.5 Å². The van der Waals surface area contributed by atoms with Crippen molar-refractivity contribution in [1.82, 2.24) is 15.1 Å². The summed E-state index contributed by atoms with van der Waals surface area (Å²) >= 11 is 0. The van der Waals surface area contributed by atoms with Crippen molar-refractivity contribution in [3.63, 3.8) is 0 Å². The molecule has 5 heteroatoms. The minimum atomic E-state index is 0.0267. The second-order valence-corrected chi connectivity index (χ2v) is 6.63. The lowest BCUT2D eigenvalue weighted by molar-refractivity contribution is -0.133. The minimum Gasteiger partial charge on any atom is -0.425 e. The van der Waals surface area contributed by atoms with E-state index in [1.807, 2.05) is 29.2 Å². The molecular weight excluding hydrogens is 326 g/mol. The van der Waals surface area contributed by atoms with Gasteiger partial charge < -0.3 is 9.32 Å². The first kappa shape index (κ1) is 16.5. The normalized spacial score (nSPS) is 16.3. The van der Waals surface area contributed by atoms with Crippen LogP contribution in [0.25, 0.3) is 0 Å². The molecule has 5 nitrogen and oxygen atoms in total. The summed E-state index contributed by atoms with van der Waals surface area (Å²) in [5.41, 5.74) is 3.78. The zero-order valence-electron chi connectivity index (χ0n) is 14.8. The van der Waals surface area contributed by atoms with Gasteiger partial charge in [-0.2, -0.15) is 0 Å². The lowest BCUT2D eigenvalue weighted by Crippen LogP contribution is -2.41. The first-order valence-corrected chi connectivity index (χ1v) is 8.91. The zero-order valence-corrected chi connectivity index (χ0v) is 14.8. The molecule has 0 spiro atoms. The van der Waals surface area contributed by atoms with Gasteiger partial charge >= 0.3 is 0 Å². The minimum absolute atomic E-state index is 0.0267. The van der Waals surface area contributed by atoms with Crippen LogP contribution in [0.15, 0.2) is 59.0 Å². The largest absolute Gasteiger partial charge is 0.425 e. The number of benzene rings is 2. The molecule has 1 amide bonds. The van der Waals surface area contributed by atoms with Crippen molar-refractivity contribution in [2.45, 2.75) is 32.2 Å². The molecule has 1 aliphatic heterocycles. The van der Waals surface area contributed by atoms with Crippen LogP contribution in [0.2, 0.25) is 0 Å². The smallest absolute Gasteiger partial charge is 0.232 e. The van der Waals surface area contributed by atoms with E-state index in [2.05, 4.69) is 40.5 Å². The van der Waals surface area contributed by atoms with Crippen LogP contribution in [-0.2, 0) is 24.1 Å². The molecule has 1 atom stereocenters. The van der Waals surface area contributed by atoms with Crippen LogP contribution < -0.4 is 0 Å². The van der Waals surface area contributed by atoms with Gasteiger partial charge in [0.1, 0.15) is 6.42 Å². The van der Waals surface area contributed by atoms with Crippen LogP contribution in [0, 0.1) is 6.92 Å². The molecule has 0 bridgehead atoms. The third-order valence-electron chi connectivity index (χ3n) is 4.87. The fourth-order valence-corrected chi connectivity index (χ4v) is 3.65. The molecule has 0 saturated heterocycles. The molecule has 0 N–H and O–H groups in total. The summed E-state index contributed by atoms with van der Waals surface area (Å²) in [4.78, 5) is 15.0. The summed E-state index contributed by atoms with van der Waals surface area (Å²) in [6.07, 6.45) is 1.82. The highest BCUT2D eigenvalue weighted by Gasteiger charge is 2.31. The van der Waals surface area contributed by atoms with Crippen molar-refractivity contribution in [2.75, 3.05) is 6.54 Å². The van der Waals surface area contributed by atoms with Crippen LogP contribution in [0.5, 0.6) is 0 Å². The molecule has 0 aliphatic carbocycles. The Labute approximate surface area is 152 Å². The molecule has 3 aromatic rings. The Bertz CT molecular complexity index is 904. The van der Waals surface area contributed by atoms with Crippen molar-refractivity contribution in [3.8, 4) is 0 Å². The van der Waals surface area contributed by atoms with E-state index in [0.717, 1.165) is 12.8 Å². The SMILES string of the molecule is Cc1nnc(CC(=O)N2CCc3ccccc3[C@H]2Cc2ccccc2)o1. The maximum Gasteiger partial charge on any atom is 0.232 e. The number of fused-ring (bicyclic) bond motifs is 1. The summed E-state index contributed by atoms with van der Waals surface area (Å²) in [5, 5.41) is 7.79. The van der Waals surface area contributed by atoms with E-state index in [1.165, 1.54) is 16.7 Å². The van der Waals surface area contributed by atoms with E-state index in [4.69, 9.17) is 4.42 Å². The van der Waals surface area contributed by atoms with Gasteiger partial charge in [0.15, 0.2) is 0 Å². The standard InChI is InChI=1S/C21H21N3O2/c1-15-22-23-20(26-15)14-21(25)24-12-11-17-9-5-6-10-18(17)19(24)13-16-7-3-2-4-8-16/h2-10,19H,11-14H2,1H3/t19-/m1/s1. The molecule has 4 rings (SSSR count). The lowest BCUT2D eigenvalue weighted by Gasteiger charge is -2.37. The number of aryl methyl sites for hydroxylation is 1. The summed E-state index contributed by atoms with van der Waals surface area (Å²) in [6.45, 7) is 2.44. The highest BCUT2D eigenvalue weighted by atomic mass is 16.4. The molecular formula is C21H21N3O2. The second-order valence-electron chi connectivity index (χ2n) is 6.63. The van der Waals surface area contributed by atoms with E-state index < -0.39 is 0 Å². The van der Waals surface area contributed by atoms with Crippen molar-refractivity contribution in [2.24, 2.45) is 0 Å². The fourth-order valence-electron chi connectivity index (χ4n) is 3.65. The highest BCUT2D eigenvalue weighted by Crippen LogP contribution is 2.33. The Morgan fingerprint density at radius 2 is 1.88 bits per heavy atom. The van der Waals surface area contributed by atoms with E-state index >= 15 is 0 Å². The topological polar surface area (TPSA) is 59.2 Å². The van der Waals surface area contributed by atoms with E-state index in [-0.39, 0.29) is 18.4 Å². The first-order valence-electron chi connectivity index (χ1n) is 8.91. The van der Waals surface area contributed by atoms with Crippen LogP contribution in [0.4, 0.5) is 0 Å². The molecule has 1 aliphatic rings. The van der Waals surface area contributed by atoms with E-state index in [9.17, 15) is 4.79 Å². The molecule has 0 radical (unpaired) electrons. The number of hydrogen-bond acceptors (Lipinski definition) is 4. The quantitative estimate of drug-likeness (QED) is 0.727. The Morgan fingerprint density at radius 3 is 2.65 bits per heavy atom. The number of hydrogen-bond donors (Lipinski definition) is 0. The molecule has 0 unspecified atom stereocenters. The molecule has 0 fully saturated rings. The number of aromatic nitrogens is 2. The summed E-state index contributed by atoms with van der Waals surface area (Å²) in [7, 11) is 0. The average molecular weight is 347 g/mol. The zero-order chi connectivity index (χ0) is 17.9. The Balaban J connectivity index is 1.62. The predicted octanol–water partition coefficient (Wildman–Crippen LogP) is 3.29. The van der Waals surface area contributed by atoms with Gasteiger partial charge in [-0.3, -0.25) is 4.79 Å². The van der Waals surface area contributed by atoms with Gasteiger partial charge in [0.2, 0.25) is 17.7 Å². The number of rotatable bonds is 4. The van der Waals surface area contributed by atoms with Gasteiger partial charge in [-0.1, -0.05) is 54.6 Å². The second kappa shape index (κ2) is 7.12. The lowest BCUT2D eigenvalue weighted by atomic mass is 9.88. The average Bonchev–Trinajstić information content (AvgIpc) is 3.07. The van der Waals surface area contributed by atoms with Gasteiger partial charge in [-0.05, 0) is 29.5 Å². The van der Waals surface area contributed by atoms with Crippen molar-refractivity contribution >= 4 is 5.91 Å². The highest BCUT2D eigenvalue weighted by molar-refractivity contribution is 5.78. The molecule has 1 aromatic heterocycles. The van der Waals surface area contributed by atoms with Gasteiger partial charge in [0.05, 0.1) is 6.04 Å². The number of nitrogens with zero attached hydrogens (tertiary/aromatic N) is 3. The summed E-state index contributed by atoms with van der Waals surface area (Å²) < 4.78 is 5.40. The van der Waals surface area contributed by atoms with E-state index in [1.54, 1.807) is 6.92 Å². The van der Waals surface area contributed by atoms with Crippen molar-refractivity contribution in [1.29, 1.82) is 0 Å². The molecule has 2 heterocycles. The van der Waals surface area contributed by atoms with Gasteiger partial charge in [-0.15, -0.1) is 10.2 Å². The molecule has 26 heavy (non-hydrogen) atoms. The molecule has 2 aromatic carbocycles. The maximum absolute atomic E-state index is 13.0. The Morgan fingerprint density at radius 1 is 1.12 bits per heavy atom. The van der Waals surface area contributed by atoms with Crippen LogP contribution in [0.1, 0.15) is 34.5 Å². The summed E-state index contributed by atoms with van der Waals surface area (Å²) in [5.74, 6) is 0.895. The van der Waals surface area contributed by atoms with Gasteiger partial charge in [-0.25, -0.2) is 0 Å². The van der Waals surface area contributed by atoms with Crippen LogP contribution in [0.3, 0.4) is 0 Å².